The lowest BCUT2D eigenvalue weighted by molar-refractivity contribution is -0.687. The summed E-state index contributed by atoms with van der Waals surface area (Å²) in [4.78, 5) is 22.7. The van der Waals surface area contributed by atoms with E-state index in [-0.39, 0.29) is 17.8 Å². The number of hydrogen-bond donors (Lipinski definition) is 3. The summed E-state index contributed by atoms with van der Waals surface area (Å²) in [5.74, 6) is -0.0739. The number of aliphatic imine (C=N–C) groups is 2. The van der Waals surface area contributed by atoms with Crippen LogP contribution in [0.4, 0.5) is 15.3 Å². The zero-order valence-electron chi connectivity index (χ0n) is 19.6. The Balaban J connectivity index is 1.50. The highest BCUT2D eigenvalue weighted by Gasteiger charge is 2.33. The zero-order valence-corrected chi connectivity index (χ0v) is 20.4. The third-order valence-corrected chi connectivity index (χ3v) is 6.28. The predicted molar refractivity (Wildman–Crippen MR) is 135 cm³/mol. The Morgan fingerprint density at radius 3 is 2.50 bits per heavy atom. The number of rotatable bonds is 6. The molecule has 0 atom stereocenters. The molecule has 0 saturated heterocycles. The number of aromatic nitrogens is 1. The van der Waals surface area contributed by atoms with E-state index in [9.17, 15) is 17.1 Å². The fourth-order valence-corrected chi connectivity index (χ4v) is 4.36. The molecule has 2 aromatic carbocycles. The minimum absolute atomic E-state index is 0.0865. The standard InChI is InChI=1S/C24H24FN7O3S/c1-24(2)30-22(26)29-23(27)32(24)19-7-3-5-17(13-19)21(33)28-18-6-4-12-31(15-18)14-16-8-10-20(11-9-16)36(25,34)35/h3-13,15H,14H2,1-2H3,(H4-,26,27,28,29,30,33)/p+1. The van der Waals surface area contributed by atoms with Gasteiger partial charge in [0.05, 0.1) is 4.90 Å². The molecule has 12 heteroatoms. The minimum atomic E-state index is -4.74. The lowest BCUT2D eigenvalue weighted by atomic mass is 10.1. The van der Waals surface area contributed by atoms with Crippen LogP contribution in [0.15, 0.2) is 87.9 Å². The number of carbonyl (C=O) groups excluding carboxylic acids is 1. The van der Waals surface area contributed by atoms with Gasteiger partial charge in [-0.05, 0) is 50.2 Å². The summed E-state index contributed by atoms with van der Waals surface area (Å²) in [6.07, 6.45) is 3.53. The van der Waals surface area contributed by atoms with Gasteiger partial charge in [-0.1, -0.05) is 18.2 Å². The van der Waals surface area contributed by atoms with Crippen LogP contribution >= 0.6 is 0 Å². The first-order valence-corrected chi connectivity index (χ1v) is 12.2. The van der Waals surface area contributed by atoms with Gasteiger partial charge in [0.25, 0.3) is 5.91 Å². The molecule has 0 bridgehead atoms. The van der Waals surface area contributed by atoms with Crippen molar-refractivity contribution < 1.29 is 21.7 Å². The quantitative estimate of drug-likeness (QED) is 0.342. The van der Waals surface area contributed by atoms with Crippen molar-refractivity contribution >= 4 is 39.4 Å². The van der Waals surface area contributed by atoms with Crippen LogP contribution in [0.1, 0.15) is 29.8 Å². The number of nitrogens with zero attached hydrogens (tertiary/aromatic N) is 4. The summed E-state index contributed by atoms with van der Waals surface area (Å²) in [5, 5.41) is 2.87. The average molecular weight is 511 g/mol. The van der Waals surface area contributed by atoms with Crippen LogP contribution in [0.25, 0.3) is 0 Å². The van der Waals surface area contributed by atoms with E-state index in [0.29, 0.717) is 23.5 Å². The molecule has 1 aliphatic rings. The van der Waals surface area contributed by atoms with Gasteiger partial charge < -0.3 is 16.8 Å². The Hall–Kier alpha value is -4.32. The van der Waals surface area contributed by atoms with Gasteiger partial charge in [0.2, 0.25) is 11.9 Å². The largest absolute Gasteiger partial charge is 0.369 e. The summed E-state index contributed by atoms with van der Waals surface area (Å²) in [7, 11) is -4.74. The van der Waals surface area contributed by atoms with Crippen LogP contribution in [0.2, 0.25) is 0 Å². The van der Waals surface area contributed by atoms with E-state index in [1.54, 1.807) is 58.3 Å². The van der Waals surface area contributed by atoms with Gasteiger partial charge in [0, 0.05) is 22.9 Å². The maximum absolute atomic E-state index is 13.1. The molecule has 3 aromatic rings. The lowest BCUT2D eigenvalue weighted by Crippen LogP contribution is -2.54. The lowest BCUT2D eigenvalue weighted by Gasteiger charge is -2.38. The van der Waals surface area contributed by atoms with Crippen molar-refractivity contribution in [1.82, 2.24) is 0 Å². The van der Waals surface area contributed by atoms with Crippen LogP contribution in [-0.2, 0) is 16.8 Å². The summed E-state index contributed by atoms with van der Waals surface area (Å²) >= 11 is 0. The van der Waals surface area contributed by atoms with Crippen molar-refractivity contribution in [1.29, 1.82) is 0 Å². The number of anilines is 2. The first-order valence-electron chi connectivity index (χ1n) is 10.9. The predicted octanol–water partition coefficient (Wildman–Crippen LogP) is 2.12. The van der Waals surface area contributed by atoms with E-state index in [4.69, 9.17) is 11.5 Å². The van der Waals surface area contributed by atoms with Crippen molar-refractivity contribution in [3.8, 4) is 0 Å². The smallest absolute Gasteiger partial charge is 0.332 e. The van der Waals surface area contributed by atoms with Crippen LogP contribution in [-0.4, -0.2) is 31.9 Å². The topological polar surface area (TPSA) is 147 Å². The summed E-state index contributed by atoms with van der Waals surface area (Å²) in [6, 6.07) is 15.9. The third-order valence-electron chi connectivity index (χ3n) is 5.45. The number of pyridine rings is 1. The highest BCUT2D eigenvalue weighted by atomic mass is 32.3. The van der Waals surface area contributed by atoms with Gasteiger partial charge >= 0.3 is 10.2 Å². The molecule has 0 unspecified atom stereocenters. The highest BCUT2D eigenvalue weighted by Crippen LogP contribution is 2.28. The molecule has 10 nitrogen and oxygen atoms in total. The zero-order chi connectivity index (χ0) is 26.1. The van der Waals surface area contributed by atoms with E-state index in [1.807, 2.05) is 13.8 Å². The average Bonchev–Trinajstić information content (AvgIpc) is 2.78. The number of guanidine groups is 2. The summed E-state index contributed by atoms with van der Waals surface area (Å²) in [6.45, 7) is 4.06. The molecular formula is C24H25FN7O3S+. The molecule has 1 amide bonds. The number of amides is 1. The molecule has 1 aromatic heterocycles. The molecule has 0 aliphatic carbocycles. The third kappa shape index (κ3) is 5.49. The van der Waals surface area contributed by atoms with E-state index in [2.05, 4.69) is 15.3 Å². The first-order chi connectivity index (χ1) is 16.9. The van der Waals surface area contributed by atoms with Crippen molar-refractivity contribution in [3.05, 3.63) is 84.2 Å². The molecule has 0 radical (unpaired) electrons. The number of benzene rings is 2. The number of carbonyl (C=O) groups is 1. The second-order valence-corrected chi connectivity index (χ2v) is 9.97. The Morgan fingerprint density at radius 2 is 1.83 bits per heavy atom. The van der Waals surface area contributed by atoms with E-state index >= 15 is 0 Å². The van der Waals surface area contributed by atoms with Gasteiger partial charge in [-0.2, -0.15) is 18.0 Å². The maximum Gasteiger partial charge on any atom is 0.332 e. The van der Waals surface area contributed by atoms with Crippen LogP contribution in [0.5, 0.6) is 0 Å². The molecule has 186 valence electrons. The van der Waals surface area contributed by atoms with Gasteiger partial charge in [-0.25, -0.2) is 4.99 Å². The fraction of sp³-hybridized carbons (Fsp3) is 0.167. The monoisotopic (exact) mass is 510 g/mol. The van der Waals surface area contributed by atoms with Crippen LogP contribution in [0, 0.1) is 0 Å². The number of halogens is 1. The number of nitrogens with two attached hydrogens (primary N) is 2. The van der Waals surface area contributed by atoms with Gasteiger partial charge in [-0.3, -0.25) is 9.69 Å². The molecule has 2 heterocycles. The number of nitrogens with one attached hydrogen (secondary N) is 1. The van der Waals surface area contributed by atoms with Crippen LogP contribution < -0.4 is 26.3 Å². The van der Waals surface area contributed by atoms with E-state index in [0.717, 1.165) is 5.56 Å². The molecule has 0 saturated carbocycles. The molecule has 36 heavy (non-hydrogen) atoms. The van der Waals surface area contributed by atoms with E-state index in [1.165, 1.54) is 24.3 Å². The molecule has 1 aliphatic heterocycles. The minimum Gasteiger partial charge on any atom is -0.369 e. The summed E-state index contributed by atoms with van der Waals surface area (Å²) in [5.41, 5.74) is 13.4. The van der Waals surface area contributed by atoms with Crippen molar-refractivity contribution in [2.75, 3.05) is 10.2 Å². The normalized spacial score (nSPS) is 15.1. The molecule has 0 spiro atoms. The van der Waals surface area contributed by atoms with Crippen molar-refractivity contribution in [2.24, 2.45) is 21.5 Å². The van der Waals surface area contributed by atoms with Crippen LogP contribution in [0.3, 0.4) is 0 Å². The Bertz CT molecular complexity index is 1490. The van der Waals surface area contributed by atoms with Crippen molar-refractivity contribution in [2.45, 2.75) is 31.0 Å². The molecule has 4 rings (SSSR count). The molecule has 5 N–H and O–H groups in total. The van der Waals surface area contributed by atoms with Crippen molar-refractivity contribution in [3.63, 3.8) is 0 Å². The highest BCUT2D eigenvalue weighted by molar-refractivity contribution is 7.86. The second kappa shape index (κ2) is 9.38. The Labute approximate surface area is 208 Å². The second-order valence-electron chi connectivity index (χ2n) is 8.62. The van der Waals surface area contributed by atoms with Gasteiger partial charge in [0.1, 0.15) is 11.4 Å². The van der Waals surface area contributed by atoms with E-state index < -0.39 is 20.8 Å². The van der Waals surface area contributed by atoms with Gasteiger partial charge in [0.15, 0.2) is 18.9 Å². The summed E-state index contributed by atoms with van der Waals surface area (Å²) < 4.78 is 36.9. The first kappa shape index (κ1) is 24.8. The maximum atomic E-state index is 13.1. The Kier molecular flexibility index (Phi) is 6.46. The Morgan fingerprint density at radius 1 is 1.11 bits per heavy atom. The molecular weight excluding hydrogens is 485 g/mol. The SMILES string of the molecule is CC1(C)N=C(N)N=C(N)N1c1cccc(C(=O)Nc2ccc[n+](Cc3ccc(S(=O)(=O)F)cc3)c2)c1. The number of hydrogen-bond acceptors (Lipinski definition) is 8. The molecule has 0 fully saturated rings. The fourth-order valence-electron chi connectivity index (χ4n) is 3.90. The van der Waals surface area contributed by atoms with Gasteiger partial charge in [-0.15, -0.1) is 3.89 Å².